The molecule has 25 heavy (non-hydrogen) atoms. The molecule has 126 valence electrons. The van der Waals surface area contributed by atoms with Crippen LogP contribution in [0, 0.1) is 6.92 Å². The van der Waals surface area contributed by atoms with E-state index in [1.54, 1.807) is 24.3 Å². The second-order valence-electron chi connectivity index (χ2n) is 5.60. The highest BCUT2D eigenvalue weighted by Crippen LogP contribution is 2.13. The number of aryl methyl sites for hydroxylation is 1. The molecule has 0 fully saturated rings. The van der Waals surface area contributed by atoms with E-state index in [1.165, 1.54) is 10.9 Å². The fraction of sp³-hybridized carbons (Fsp3) is 0.111. The van der Waals surface area contributed by atoms with Crippen molar-refractivity contribution in [2.45, 2.75) is 13.0 Å². The number of aromatic nitrogens is 3. The Morgan fingerprint density at radius 1 is 1.08 bits per heavy atom. The Bertz CT molecular complexity index is 887. The molecule has 0 bridgehead atoms. The Hall–Kier alpha value is -3.48. The second kappa shape index (κ2) is 6.96. The maximum Gasteiger partial charge on any atom is 0.274 e. The Kier molecular flexibility index (Phi) is 4.56. The summed E-state index contributed by atoms with van der Waals surface area (Å²) in [6.07, 6.45) is 1.50. The first-order valence-corrected chi connectivity index (χ1v) is 7.69. The van der Waals surface area contributed by atoms with E-state index in [0.717, 1.165) is 11.3 Å². The van der Waals surface area contributed by atoms with Gasteiger partial charge in [0.2, 0.25) is 5.91 Å². The van der Waals surface area contributed by atoms with E-state index < -0.39 is 17.9 Å². The molecule has 0 radical (unpaired) electrons. The lowest BCUT2D eigenvalue weighted by atomic mass is 10.1. The van der Waals surface area contributed by atoms with Crippen LogP contribution in [0.2, 0.25) is 0 Å². The summed E-state index contributed by atoms with van der Waals surface area (Å²) in [6.45, 7) is 1.98. The molecule has 0 aliphatic rings. The molecule has 0 spiro atoms. The number of nitrogens with two attached hydrogens (primary N) is 1. The van der Waals surface area contributed by atoms with Crippen LogP contribution in [0.25, 0.3) is 5.69 Å². The quantitative estimate of drug-likeness (QED) is 0.738. The van der Waals surface area contributed by atoms with Gasteiger partial charge >= 0.3 is 0 Å². The average Bonchev–Trinajstić information content (AvgIpc) is 3.11. The molecular formula is C18H17N5O2. The van der Waals surface area contributed by atoms with Gasteiger partial charge in [-0.3, -0.25) is 9.59 Å². The van der Waals surface area contributed by atoms with Crippen molar-refractivity contribution in [1.82, 2.24) is 20.3 Å². The Morgan fingerprint density at radius 3 is 2.40 bits per heavy atom. The molecule has 3 rings (SSSR count). The average molecular weight is 335 g/mol. The smallest absolute Gasteiger partial charge is 0.274 e. The molecule has 3 aromatic rings. The second-order valence-corrected chi connectivity index (χ2v) is 5.60. The molecular weight excluding hydrogens is 318 g/mol. The number of primary amides is 1. The molecule has 3 N–H and O–H groups in total. The molecule has 1 heterocycles. The first kappa shape index (κ1) is 16.4. The van der Waals surface area contributed by atoms with Crippen molar-refractivity contribution < 1.29 is 9.59 Å². The molecule has 2 amide bonds. The topological polar surface area (TPSA) is 103 Å². The number of rotatable bonds is 5. The molecule has 7 heteroatoms. The van der Waals surface area contributed by atoms with Crippen LogP contribution in [-0.2, 0) is 4.79 Å². The lowest BCUT2D eigenvalue weighted by Crippen LogP contribution is -2.37. The maximum atomic E-state index is 12.4. The third-order valence-corrected chi connectivity index (χ3v) is 3.72. The van der Waals surface area contributed by atoms with Gasteiger partial charge in [-0.15, -0.1) is 5.10 Å². The summed E-state index contributed by atoms with van der Waals surface area (Å²) in [4.78, 5) is 24.1. The molecule has 0 unspecified atom stereocenters. The molecule has 0 saturated carbocycles. The highest BCUT2D eigenvalue weighted by atomic mass is 16.2. The van der Waals surface area contributed by atoms with E-state index in [0.29, 0.717) is 5.56 Å². The molecule has 7 nitrogen and oxygen atoms in total. The van der Waals surface area contributed by atoms with Crippen LogP contribution < -0.4 is 11.1 Å². The summed E-state index contributed by atoms with van der Waals surface area (Å²) in [5.41, 5.74) is 8.02. The normalized spacial score (nSPS) is 11.7. The lowest BCUT2D eigenvalue weighted by molar-refractivity contribution is -0.120. The largest absolute Gasteiger partial charge is 0.368 e. The summed E-state index contributed by atoms with van der Waals surface area (Å²) in [5.74, 6) is -1.17. The molecule has 0 saturated heterocycles. The minimum Gasteiger partial charge on any atom is -0.368 e. The molecule has 2 aromatic carbocycles. The summed E-state index contributed by atoms with van der Waals surface area (Å²) in [6, 6.07) is 15.5. The van der Waals surface area contributed by atoms with Crippen molar-refractivity contribution in [2.75, 3.05) is 0 Å². The zero-order valence-electron chi connectivity index (χ0n) is 13.6. The summed E-state index contributed by atoms with van der Waals surface area (Å²) >= 11 is 0. The van der Waals surface area contributed by atoms with Crippen LogP contribution in [0.3, 0.4) is 0 Å². The Balaban J connectivity index is 1.79. The number of amides is 2. The fourth-order valence-electron chi connectivity index (χ4n) is 2.36. The lowest BCUT2D eigenvalue weighted by Gasteiger charge is -2.14. The van der Waals surface area contributed by atoms with E-state index >= 15 is 0 Å². The zero-order chi connectivity index (χ0) is 17.8. The number of nitrogens with zero attached hydrogens (tertiary/aromatic N) is 3. The van der Waals surface area contributed by atoms with Gasteiger partial charge in [0.05, 0.1) is 11.9 Å². The highest BCUT2D eigenvalue weighted by Gasteiger charge is 2.22. The predicted octanol–water partition coefficient (Wildman–Crippen LogP) is 1.53. The van der Waals surface area contributed by atoms with Crippen molar-refractivity contribution >= 4 is 11.8 Å². The first-order valence-electron chi connectivity index (χ1n) is 7.69. The van der Waals surface area contributed by atoms with Gasteiger partial charge in [0, 0.05) is 0 Å². The van der Waals surface area contributed by atoms with E-state index in [4.69, 9.17) is 5.73 Å². The predicted molar refractivity (Wildman–Crippen MR) is 91.9 cm³/mol. The van der Waals surface area contributed by atoms with Gasteiger partial charge in [0.1, 0.15) is 6.04 Å². The van der Waals surface area contributed by atoms with Crippen molar-refractivity contribution in [3.8, 4) is 5.69 Å². The third-order valence-electron chi connectivity index (χ3n) is 3.72. The molecule has 0 aliphatic heterocycles. The van der Waals surface area contributed by atoms with Crippen molar-refractivity contribution in [1.29, 1.82) is 0 Å². The molecule has 1 aromatic heterocycles. The Labute approximate surface area is 144 Å². The zero-order valence-corrected chi connectivity index (χ0v) is 13.6. The van der Waals surface area contributed by atoms with Crippen LogP contribution in [0.15, 0.2) is 60.8 Å². The number of carbonyl (C=O) groups excluding carboxylic acids is 2. The summed E-state index contributed by atoms with van der Waals surface area (Å²) < 4.78 is 1.50. The third kappa shape index (κ3) is 3.72. The number of hydrogen-bond donors (Lipinski definition) is 2. The minimum absolute atomic E-state index is 0.0998. The van der Waals surface area contributed by atoms with Crippen LogP contribution in [0.4, 0.5) is 0 Å². The van der Waals surface area contributed by atoms with Crippen LogP contribution in [0.5, 0.6) is 0 Å². The monoisotopic (exact) mass is 335 g/mol. The van der Waals surface area contributed by atoms with Crippen LogP contribution in [0.1, 0.15) is 27.7 Å². The minimum atomic E-state index is -0.932. The Morgan fingerprint density at radius 2 is 1.76 bits per heavy atom. The summed E-state index contributed by atoms with van der Waals surface area (Å²) in [5, 5.41) is 10.4. The number of benzene rings is 2. The van der Waals surface area contributed by atoms with Gasteiger partial charge < -0.3 is 11.1 Å². The number of carbonyl (C=O) groups is 2. The molecule has 1 atom stereocenters. The number of hydrogen-bond acceptors (Lipinski definition) is 4. The van der Waals surface area contributed by atoms with Gasteiger partial charge in [0.25, 0.3) is 5.91 Å². The van der Waals surface area contributed by atoms with Crippen LogP contribution in [-0.4, -0.2) is 26.8 Å². The van der Waals surface area contributed by atoms with E-state index in [-0.39, 0.29) is 5.69 Å². The van der Waals surface area contributed by atoms with Gasteiger partial charge in [-0.1, -0.05) is 53.2 Å². The van der Waals surface area contributed by atoms with Gasteiger partial charge in [-0.05, 0) is 24.6 Å². The summed E-state index contributed by atoms with van der Waals surface area (Å²) in [7, 11) is 0. The van der Waals surface area contributed by atoms with Gasteiger partial charge in [-0.25, -0.2) is 4.68 Å². The number of nitrogens with one attached hydrogen (secondary N) is 1. The van der Waals surface area contributed by atoms with E-state index in [1.807, 2.05) is 37.3 Å². The first-order chi connectivity index (χ1) is 12.0. The van der Waals surface area contributed by atoms with Crippen molar-refractivity contribution in [3.05, 3.63) is 77.6 Å². The van der Waals surface area contributed by atoms with E-state index in [2.05, 4.69) is 15.6 Å². The van der Waals surface area contributed by atoms with E-state index in [9.17, 15) is 9.59 Å². The molecule has 0 aliphatic carbocycles. The van der Waals surface area contributed by atoms with Crippen molar-refractivity contribution in [2.24, 2.45) is 5.73 Å². The highest BCUT2D eigenvalue weighted by molar-refractivity contribution is 5.95. The van der Waals surface area contributed by atoms with Crippen LogP contribution >= 0.6 is 0 Å². The van der Waals surface area contributed by atoms with Gasteiger partial charge in [-0.2, -0.15) is 0 Å². The van der Waals surface area contributed by atoms with Gasteiger partial charge in [0.15, 0.2) is 5.69 Å². The SMILES string of the molecule is Cc1ccc(-n2cc(C(=O)N[C@H](C(N)=O)c3ccccc3)nn2)cc1. The van der Waals surface area contributed by atoms with Crippen molar-refractivity contribution in [3.63, 3.8) is 0 Å². The standard InChI is InChI=1S/C18H17N5O2/c1-12-7-9-14(10-8-12)23-11-15(21-22-23)18(25)20-16(17(19)24)13-5-3-2-4-6-13/h2-11,16H,1H3,(H2,19,24)(H,20,25)/t16-/m0/s1. The maximum absolute atomic E-state index is 12.4. The fourth-order valence-corrected chi connectivity index (χ4v) is 2.36.